The van der Waals surface area contributed by atoms with E-state index in [1.54, 1.807) is 11.3 Å². The van der Waals surface area contributed by atoms with Crippen LogP contribution in [-0.2, 0) is 16.0 Å². The average Bonchev–Trinajstić information content (AvgIpc) is 3.50. The number of hydrogen-bond donors (Lipinski definition) is 0. The zero-order valence-corrected chi connectivity index (χ0v) is 19.9. The molecule has 5 fully saturated rings. The quantitative estimate of drug-likeness (QED) is 0.640. The van der Waals surface area contributed by atoms with E-state index in [1.165, 1.54) is 19.3 Å². The minimum Gasteiger partial charge on any atom is -0.339 e. The summed E-state index contributed by atoms with van der Waals surface area (Å²) in [5.41, 5.74) is -0.0764. The summed E-state index contributed by atoms with van der Waals surface area (Å²) in [4.78, 5) is 35.7. The molecule has 0 N–H and O–H groups in total. The maximum atomic E-state index is 13.5. The van der Waals surface area contributed by atoms with E-state index in [0.717, 1.165) is 41.9 Å². The van der Waals surface area contributed by atoms with Crippen LogP contribution in [0.1, 0.15) is 57.3 Å². The van der Waals surface area contributed by atoms with Crippen molar-refractivity contribution < 1.29 is 14.1 Å². The van der Waals surface area contributed by atoms with Gasteiger partial charge in [-0.15, -0.1) is 11.3 Å². The van der Waals surface area contributed by atoms with Gasteiger partial charge in [0.15, 0.2) is 0 Å². The molecule has 7 rings (SSSR count). The predicted molar refractivity (Wildman–Crippen MR) is 124 cm³/mol. The van der Waals surface area contributed by atoms with Crippen molar-refractivity contribution in [2.45, 2.75) is 57.8 Å². The van der Waals surface area contributed by atoms with Gasteiger partial charge in [0.05, 0.1) is 10.3 Å². The molecule has 4 bridgehead atoms. The van der Waals surface area contributed by atoms with E-state index in [0.29, 0.717) is 63.1 Å². The molecule has 4 aliphatic carbocycles. The first-order valence-electron chi connectivity index (χ1n) is 12.5. The SMILES string of the molecule is O=C(CCCc1nc(-c2cccs2)no1)N1CCN(C(=O)C23CC4CC(CC(C4)C2)C3)CC1. The lowest BCUT2D eigenvalue weighted by atomic mass is 9.49. The number of carbonyl (C=O) groups excluding carboxylic acids is 2. The lowest BCUT2D eigenvalue weighted by molar-refractivity contribution is -0.160. The molecule has 2 amide bonds. The predicted octanol–water partition coefficient (Wildman–Crippen LogP) is 4.01. The Morgan fingerprint density at radius 3 is 2.33 bits per heavy atom. The highest BCUT2D eigenvalue weighted by atomic mass is 32.1. The van der Waals surface area contributed by atoms with Crippen LogP contribution in [0.2, 0.25) is 0 Å². The molecule has 3 heterocycles. The molecular formula is C25H32N4O3S. The second kappa shape index (κ2) is 8.53. The van der Waals surface area contributed by atoms with Gasteiger partial charge in [-0.05, 0) is 74.1 Å². The number of aryl methyl sites for hydroxylation is 1. The first kappa shape index (κ1) is 21.3. The van der Waals surface area contributed by atoms with Crippen molar-refractivity contribution in [3.63, 3.8) is 0 Å². The van der Waals surface area contributed by atoms with Crippen molar-refractivity contribution in [1.82, 2.24) is 19.9 Å². The molecule has 2 aromatic heterocycles. The lowest BCUT2D eigenvalue weighted by Gasteiger charge is -2.57. The fraction of sp³-hybridized carbons (Fsp3) is 0.680. The second-order valence-corrected chi connectivity index (χ2v) is 11.7. The number of carbonyl (C=O) groups is 2. The summed E-state index contributed by atoms with van der Waals surface area (Å²) >= 11 is 1.58. The van der Waals surface area contributed by atoms with Crippen LogP contribution in [0.5, 0.6) is 0 Å². The van der Waals surface area contributed by atoms with Crippen molar-refractivity contribution in [2.75, 3.05) is 26.2 Å². The molecule has 176 valence electrons. The zero-order chi connectivity index (χ0) is 22.4. The van der Waals surface area contributed by atoms with Crippen LogP contribution in [0.3, 0.4) is 0 Å². The van der Waals surface area contributed by atoms with Crippen molar-refractivity contribution in [3.05, 3.63) is 23.4 Å². The van der Waals surface area contributed by atoms with Crippen LogP contribution < -0.4 is 0 Å². The van der Waals surface area contributed by atoms with Crippen molar-refractivity contribution in [1.29, 1.82) is 0 Å². The minimum absolute atomic E-state index is 0.0764. The van der Waals surface area contributed by atoms with E-state index in [2.05, 4.69) is 15.0 Å². The molecule has 33 heavy (non-hydrogen) atoms. The number of amides is 2. The van der Waals surface area contributed by atoms with Gasteiger partial charge in [0.1, 0.15) is 0 Å². The molecule has 0 spiro atoms. The van der Waals surface area contributed by atoms with Crippen LogP contribution in [0, 0.1) is 23.2 Å². The maximum absolute atomic E-state index is 13.5. The van der Waals surface area contributed by atoms with E-state index in [9.17, 15) is 9.59 Å². The normalized spacial score (nSPS) is 30.7. The Labute approximate surface area is 198 Å². The Bertz CT molecular complexity index is 973. The second-order valence-electron chi connectivity index (χ2n) is 10.7. The highest BCUT2D eigenvalue weighted by Crippen LogP contribution is 2.60. The van der Waals surface area contributed by atoms with Crippen molar-refractivity contribution >= 4 is 23.2 Å². The average molecular weight is 469 g/mol. The van der Waals surface area contributed by atoms with Gasteiger partial charge in [-0.25, -0.2) is 0 Å². The third-order valence-corrected chi connectivity index (χ3v) is 9.27. The molecule has 5 aliphatic rings. The summed E-state index contributed by atoms with van der Waals surface area (Å²) in [6.07, 6.45) is 9.17. The van der Waals surface area contributed by atoms with E-state index in [-0.39, 0.29) is 11.3 Å². The molecule has 0 unspecified atom stereocenters. The standard InChI is InChI=1S/C25H32N4O3S/c30-22(5-1-4-21-26-23(27-32-21)20-3-2-10-33-20)28-6-8-29(9-7-28)24(31)25-14-17-11-18(15-25)13-19(12-17)16-25/h2-3,10,17-19H,1,4-9,11-16H2. The molecular weight excluding hydrogens is 436 g/mol. The third kappa shape index (κ3) is 4.11. The molecule has 1 aliphatic heterocycles. The van der Waals surface area contributed by atoms with Gasteiger partial charge in [-0.3, -0.25) is 9.59 Å². The topological polar surface area (TPSA) is 79.5 Å². The highest BCUT2D eigenvalue weighted by molar-refractivity contribution is 7.13. The molecule has 0 radical (unpaired) electrons. The summed E-state index contributed by atoms with van der Waals surface area (Å²) in [5.74, 6) is 4.10. The van der Waals surface area contributed by atoms with Crippen LogP contribution in [0.4, 0.5) is 0 Å². The molecule has 4 saturated carbocycles. The van der Waals surface area contributed by atoms with Gasteiger partial charge in [-0.2, -0.15) is 4.98 Å². The number of hydrogen-bond acceptors (Lipinski definition) is 6. The molecule has 0 aromatic carbocycles. The molecule has 0 atom stereocenters. The molecule has 1 saturated heterocycles. The third-order valence-electron chi connectivity index (χ3n) is 8.40. The van der Waals surface area contributed by atoms with Gasteiger partial charge in [0, 0.05) is 39.0 Å². The van der Waals surface area contributed by atoms with Gasteiger partial charge in [0.25, 0.3) is 0 Å². The fourth-order valence-corrected chi connectivity index (χ4v) is 7.93. The Morgan fingerprint density at radius 2 is 1.70 bits per heavy atom. The van der Waals surface area contributed by atoms with Gasteiger partial charge < -0.3 is 14.3 Å². The minimum atomic E-state index is -0.0764. The Morgan fingerprint density at radius 1 is 1.03 bits per heavy atom. The Kier molecular flexibility index (Phi) is 5.51. The zero-order valence-electron chi connectivity index (χ0n) is 19.1. The summed E-state index contributed by atoms with van der Waals surface area (Å²) in [5, 5.41) is 6.02. The summed E-state index contributed by atoms with van der Waals surface area (Å²) in [6, 6.07) is 3.93. The van der Waals surface area contributed by atoms with Crippen LogP contribution in [0.25, 0.3) is 10.7 Å². The van der Waals surface area contributed by atoms with Gasteiger partial charge in [-0.1, -0.05) is 11.2 Å². The number of aromatic nitrogens is 2. The smallest absolute Gasteiger partial charge is 0.228 e. The van der Waals surface area contributed by atoms with Crippen molar-refractivity contribution in [3.8, 4) is 10.7 Å². The Hall–Kier alpha value is -2.22. The summed E-state index contributed by atoms with van der Waals surface area (Å²) in [6.45, 7) is 2.67. The molecule has 8 heteroatoms. The monoisotopic (exact) mass is 468 g/mol. The highest BCUT2D eigenvalue weighted by Gasteiger charge is 2.55. The number of nitrogens with zero attached hydrogens (tertiary/aromatic N) is 4. The largest absolute Gasteiger partial charge is 0.339 e. The first-order valence-corrected chi connectivity index (χ1v) is 13.4. The maximum Gasteiger partial charge on any atom is 0.228 e. The van der Waals surface area contributed by atoms with Gasteiger partial charge >= 0.3 is 0 Å². The first-order chi connectivity index (χ1) is 16.1. The molecule has 2 aromatic rings. The summed E-state index contributed by atoms with van der Waals surface area (Å²) < 4.78 is 5.33. The van der Waals surface area contributed by atoms with E-state index in [1.807, 2.05) is 22.4 Å². The number of rotatable bonds is 6. The lowest BCUT2D eigenvalue weighted by Crippen LogP contribution is -2.58. The fourth-order valence-electron chi connectivity index (χ4n) is 7.28. The van der Waals surface area contributed by atoms with Crippen LogP contribution in [0.15, 0.2) is 22.0 Å². The number of piperazine rings is 1. The summed E-state index contributed by atoms with van der Waals surface area (Å²) in [7, 11) is 0. The number of thiophene rings is 1. The van der Waals surface area contributed by atoms with Crippen LogP contribution >= 0.6 is 11.3 Å². The van der Waals surface area contributed by atoms with Crippen LogP contribution in [-0.4, -0.2) is 57.9 Å². The van der Waals surface area contributed by atoms with Gasteiger partial charge in [0.2, 0.25) is 23.5 Å². The van der Waals surface area contributed by atoms with Crippen molar-refractivity contribution in [2.24, 2.45) is 23.2 Å². The van der Waals surface area contributed by atoms with E-state index < -0.39 is 0 Å². The van der Waals surface area contributed by atoms with E-state index >= 15 is 0 Å². The Balaban J connectivity index is 0.972. The van der Waals surface area contributed by atoms with E-state index in [4.69, 9.17) is 4.52 Å². The molecule has 7 nitrogen and oxygen atoms in total.